The SMILES string of the molecule is CCCCCCCCOc1ccc(-c2ccccn2)c(F)c1C#N. The fourth-order valence-corrected chi connectivity index (χ4v) is 2.57. The number of ether oxygens (including phenoxy) is 1. The topological polar surface area (TPSA) is 45.9 Å². The monoisotopic (exact) mass is 326 g/mol. The highest BCUT2D eigenvalue weighted by Gasteiger charge is 2.16. The maximum absolute atomic E-state index is 14.6. The summed E-state index contributed by atoms with van der Waals surface area (Å²) in [5.74, 6) is -0.264. The van der Waals surface area contributed by atoms with Gasteiger partial charge in [0.2, 0.25) is 0 Å². The predicted octanol–water partition coefficient (Wildman–Crippen LogP) is 5.50. The molecule has 0 N–H and O–H groups in total. The molecule has 0 aliphatic carbocycles. The summed E-state index contributed by atoms with van der Waals surface area (Å²) in [6.45, 7) is 2.69. The maximum Gasteiger partial charge on any atom is 0.154 e. The van der Waals surface area contributed by atoms with Gasteiger partial charge in [-0.2, -0.15) is 5.26 Å². The third-order valence-corrected chi connectivity index (χ3v) is 3.91. The Hall–Kier alpha value is -2.41. The number of nitriles is 1. The number of benzene rings is 1. The molecular weight excluding hydrogens is 303 g/mol. The third kappa shape index (κ3) is 4.79. The molecule has 0 aliphatic rings. The standard InChI is InChI=1S/C20H23FN2O/c1-2-3-4-5-6-9-14-24-19-12-11-16(20(21)17(19)15-22)18-10-7-8-13-23-18/h7-8,10-13H,2-6,9,14H2,1H3. The first-order valence-electron chi connectivity index (χ1n) is 8.54. The summed E-state index contributed by atoms with van der Waals surface area (Å²) in [5.41, 5.74) is 0.775. The first-order chi connectivity index (χ1) is 11.8. The van der Waals surface area contributed by atoms with E-state index in [9.17, 15) is 9.65 Å². The number of hydrogen-bond donors (Lipinski definition) is 0. The largest absolute Gasteiger partial charge is 0.492 e. The summed E-state index contributed by atoms with van der Waals surface area (Å²) in [6, 6.07) is 10.5. The lowest BCUT2D eigenvalue weighted by atomic mass is 10.1. The first kappa shape index (κ1) is 17.9. The van der Waals surface area contributed by atoms with Crippen LogP contribution in [-0.4, -0.2) is 11.6 Å². The Balaban J connectivity index is 1.99. The molecule has 4 heteroatoms. The highest BCUT2D eigenvalue weighted by atomic mass is 19.1. The van der Waals surface area contributed by atoms with Gasteiger partial charge in [-0.15, -0.1) is 0 Å². The molecule has 0 unspecified atom stereocenters. The Morgan fingerprint density at radius 3 is 2.58 bits per heavy atom. The summed E-state index contributed by atoms with van der Waals surface area (Å²) < 4.78 is 20.2. The molecule has 1 aromatic heterocycles. The molecular formula is C20H23FN2O. The van der Waals surface area contributed by atoms with Crippen LogP contribution in [0.3, 0.4) is 0 Å². The van der Waals surface area contributed by atoms with E-state index in [1.807, 2.05) is 6.07 Å². The van der Waals surface area contributed by atoms with Gasteiger partial charge in [0, 0.05) is 11.8 Å². The molecule has 3 nitrogen and oxygen atoms in total. The molecule has 0 bridgehead atoms. The Kier molecular flexibility index (Phi) is 7.22. The van der Waals surface area contributed by atoms with Gasteiger partial charge in [-0.25, -0.2) is 4.39 Å². The van der Waals surface area contributed by atoms with E-state index in [2.05, 4.69) is 11.9 Å². The average molecular weight is 326 g/mol. The zero-order valence-electron chi connectivity index (χ0n) is 14.1. The summed E-state index contributed by atoms with van der Waals surface area (Å²) in [5, 5.41) is 9.28. The van der Waals surface area contributed by atoms with E-state index in [1.165, 1.54) is 25.7 Å². The van der Waals surface area contributed by atoms with Gasteiger partial charge >= 0.3 is 0 Å². The van der Waals surface area contributed by atoms with Crippen molar-refractivity contribution in [2.45, 2.75) is 45.4 Å². The first-order valence-corrected chi connectivity index (χ1v) is 8.54. The molecule has 0 aliphatic heterocycles. The fraction of sp³-hybridized carbons (Fsp3) is 0.400. The summed E-state index contributed by atoms with van der Waals surface area (Å²) in [6.07, 6.45) is 8.53. The Morgan fingerprint density at radius 2 is 1.88 bits per heavy atom. The zero-order valence-corrected chi connectivity index (χ0v) is 14.1. The van der Waals surface area contributed by atoms with Crippen molar-refractivity contribution in [3.63, 3.8) is 0 Å². The van der Waals surface area contributed by atoms with Gasteiger partial charge in [-0.3, -0.25) is 4.98 Å². The molecule has 2 rings (SSSR count). The molecule has 0 amide bonds. The van der Waals surface area contributed by atoms with Crippen molar-refractivity contribution in [2.24, 2.45) is 0 Å². The highest BCUT2D eigenvalue weighted by molar-refractivity contribution is 5.65. The Bertz CT molecular complexity index is 680. The van der Waals surface area contributed by atoms with Crippen molar-refractivity contribution in [3.05, 3.63) is 47.9 Å². The smallest absolute Gasteiger partial charge is 0.154 e. The fourth-order valence-electron chi connectivity index (χ4n) is 2.57. The van der Waals surface area contributed by atoms with E-state index < -0.39 is 5.82 Å². The van der Waals surface area contributed by atoms with Crippen LogP contribution in [0.5, 0.6) is 5.75 Å². The van der Waals surface area contributed by atoms with Gasteiger partial charge in [-0.1, -0.05) is 45.1 Å². The van der Waals surface area contributed by atoms with E-state index in [4.69, 9.17) is 4.74 Å². The number of aromatic nitrogens is 1. The quantitative estimate of drug-likeness (QED) is 0.572. The molecule has 1 heterocycles. The van der Waals surface area contributed by atoms with Gasteiger partial charge in [0.15, 0.2) is 5.82 Å². The minimum atomic E-state index is -0.573. The summed E-state index contributed by atoms with van der Waals surface area (Å²) in [4.78, 5) is 4.14. The van der Waals surface area contributed by atoms with Crippen LogP contribution in [0.25, 0.3) is 11.3 Å². The summed E-state index contributed by atoms with van der Waals surface area (Å²) >= 11 is 0. The normalized spacial score (nSPS) is 10.4. The molecule has 1 aromatic carbocycles. The Labute approximate surface area is 143 Å². The van der Waals surface area contributed by atoms with Crippen molar-refractivity contribution < 1.29 is 9.13 Å². The number of hydrogen-bond acceptors (Lipinski definition) is 3. The van der Waals surface area contributed by atoms with Crippen LogP contribution in [0.4, 0.5) is 4.39 Å². The van der Waals surface area contributed by atoms with Crippen molar-refractivity contribution >= 4 is 0 Å². The minimum Gasteiger partial charge on any atom is -0.492 e. The van der Waals surface area contributed by atoms with Crippen LogP contribution < -0.4 is 4.74 Å². The lowest BCUT2D eigenvalue weighted by Crippen LogP contribution is -2.02. The van der Waals surface area contributed by atoms with Gasteiger partial charge in [0.1, 0.15) is 17.4 Å². The second-order valence-electron chi connectivity index (χ2n) is 5.74. The Morgan fingerprint density at radius 1 is 1.08 bits per heavy atom. The number of pyridine rings is 1. The van der Waals surface area contributed by atoms with Crippen LogP contribution in [0.1, 0.15) is 51.0 Å². The molecule has 0 saturated carbocycles. The molecule has 0 fully saturated rings. The van der Waals surface area contributed by atoms with E-state index in [1.54, 1.807) is 36.5 Å². The van der Waals surface area contributed by atoms with Gasteiger partial charge in [-0.05, 0) is 30.7 Å². The van der Waals surface area contributed by atoms with Crippen molar-refractivity contribution in [2.75, 3.05) is 6.61 Å². The van der Waals surface area contributed by atoms with Gasteiger partial charge < -0.3 is 4.74 Å². The van der Waals surface area contributed by atoms with E-state index in [0.717, 1.165) is 12.8 Å². The molecule has 126 valence electrons. The van der Waals surface area contributed by atoms with Crippen LogP contribution in [0.2, 0.25) is 0 Å². The average Bonchev–Trinajstić information content (AvgIpc) is 2.62. The molecule has 0 spiro atoms. The van der Waals surface area contributed by atoms with Crippen molar-refractivity contribution in [3.8, 4) is 23.1 Å². The molecule has 2 aromatic rings. The molecule has 0 atom stereocenters. The van der Waals surface area contributed by atoms with E-state index in [0.29, 0.717) is 23.6 Å². The van der Waals surface area contributed by atoms with Crippen LogP contribution in [0.15, 0.2) is 36.5 Å². The summed E-state index contributed by atoms with van der Waals surface area (Å²) in [7, 11) is 0. The van der Waals surface area contributed by atoms with E-state index >= 15 is 0 Å². The minimum absolute atomic E-state index is 0.0517. The van der Waals surface area contributed by atoms with Crippen molar-refractivity contribution in [1.29, 1.82) is 5.26 Å². The lowest BCUT2D eigenvalue weighted by Gasteiger charge is -2.11. The molecule has 0 radical (unpaired) electrons. The highest BCUT2D eigenvalue weighted by Crippen LogP contribution is 2.29. The third-order valence-electron chi connectivity index (χ3n) is 3.91. The second kappa shape index (κ2) is 9.67. The number of halogens is 1. The van der Waals surface area contributed by atoms with Crippen LogP contribution >= 0.6 is 0 Å². The lowest BCUT2D eigenvalue weighted by molar-refractivity contribution is 0.302. The zero-order chi connectivity index (χ0) is 17.2. The predicted molar refractivity (Wildman–Crippen MR) is 93.2 cm³/mol. The number of unbranched alkanes of at least 4 members (excludes halogenated alkanes) is 5. The molecule has 0 saturated heterocycles. The van der Waals surface area contributed by atoms with Gasteiger partial charge in [0.05, 0.1) is 12.3 Å². The number of nitrogens with zero attached hydrogens (tertiary/aromatic N) is 2. The molecule has 24 heavy (non-hydrogen) atoms. The van der Waals surface area contributed by atoms with Crippen LogP contribution in [-0.2, 0) is 0 Å². The maximum atomic E-state index is 14.6. The second-order valence-corrected chi connectivity index (χ2v) is 5.74. The van der Waals surface area contributed by atoms with Crippen molar-refractivity contribution in [1.82, 2.24) is 4.98 Å². The van der Waals surface area contributed by atoms with Crippen LogP contribution in [0, 0.1) is 17.1 Å². The number of rotatable bonds is 9. The van der Waals surface area contributed by atoms with Gasteiger partial charge in [0.25, 0.3) is 0 Å². The van der Waals surface area contributed by atoms with E-state index in [-0.39, 0.29) is 5.56 Å².